The molecule has 1 aromatic rings. The molecule has 0 amide bonds. The summed E-state index contributed by atoms with van der Waals surface area (Å²) in [5.74, 6) is 0. The van der Waals surface area contributed by atoms with Gasteiger partial charge in [-0.15, -0.1) is 0 Å². The van der Waals surface area contributed by atoms with Crippen LogP contribution in [0.2, 0.25) is 0 Å². The normalized spacial score (nSPS) is 19.1. The zero-order chi connectivity index (χ0) is 11.5. The molecule has 1 fully saturated rings. The van der Waals surface area contributed by atoms with Gasteiger partial charge in [0.25, 0.3) is 0 Å². The maximum atomic E-state index is 5.32. The van der Waals surface area contributed by atoms with Crippen molar-refractivity contribution in [2.75, 3.05) is 13.1 Å². The van der Waals surface area contributed by atoms with Gasteiger partial charge in [-0.3, -0.25) is 4.90 Å². The molecule has 0 bridgehead atoms. The van der Waals surface area contributed by atoms with Crippen LogP contribution < -0.4 is 0 Å². The van der Waals surface area contributed by atoms with Crippen LogP contribution in [0.1, 0.15) is 32.4 Å². The second-order valence-electron chi connectivity index (χ2n) is 4.64. The van der Waals surface area contributed by atoms with E-state index in [0.717, 1.165) is 17.7 Å². The van der Waals surface area contributed by atoms with Crippen LogP contribution in [0.3, 0.4) is 0 Å². The van der Waals surface area contributed by atoms with E-state index < -0.39 is 0 Å². The lowest BCUT2D eigenvalue weighted by atomic mass is 10.2. The molecule has 1 aliphatic rings. The summed E-state index contributed by atoms with van der Waals surface area (Å²) < 4.78 is 3.11. The molecule has 1 aliphatic heterocycles. The minimum absolute atomic E-state index is 0.593. The van der Waals surface area contributed by atoms with E-state index in [1.54, 1.807) is 0 Å². The van der Waals surface area contributed by atoms with E-state index in [9.17, 15) is 0 Å². The smallest absolute Gasteiger partial charge is 0.177 e. The zero-order valence-corrected chi connectivity index (χ0v) is 11.0. The molecule has 1 N–H and O–H groups in total. The lowest BCUT2D eigenvalue weighted by molar-refractivity contribution is 0.234. The Labute approximate surface area is 102 Å². The third kappa shape index (κ3) is 2.38. The average Bonchev–Trinajstić information content (AvgIpc) is 2.89. The molecule has 1 aromatic heterocycles. The van der Waals surface area contributed by atoms with E-state index in [2.05, 4.69) is 28.3 Å². The fourth-order valence-corrected chi connectivity index (χ4v) is 2.74. The number of rotatable bonds is 4. The number of nitrogens with zero attached hydrogens (tertiary/aromatic N) is 2. The number of likely N-dealkylation sites (tertiary alicyclic amines) is 1. The summed E-state index contributed by atoms with van der Waals surface area (Å²) in [5, 5.41) is 0. The van der Waals surface area contributed by atoms with Gasteiger partial charge in [-0.2, -0.15) is 0 Å². The molecule has 0 spiro atoms. The van der Waals surface area contributed by atoms with E-state index in [4.69, 9.17) is 12.2 Å². The van der Waals surface area contributed by atoms with Gasteiger partial charge in [0.2, 0.25) is 0 Å². The molecule has 0 aliphatic carbocycles. The van der Waals surface area contributed by atoms with Crippen LogP contribution in [0, 0.1) is 4.77 Å². The minimum Gasteiger partial charge on any atom is -0.337 e. The van der Waals surface area contributed by atoms with Gasteiger partial charge in [-0.1, -0.05) is 6.92 Å². The predicted molar refractivity (Wildman–Crippen MR) is 69.3 cm³/mol. The van der Waals surface area contributed by atoms with Crippen LogP contribution >= 0.6 is 12.2 Å². The van der Waals surface area contributed by atoms with E-state index in [1.807, 2.05) is 6.20 Å². The predicted octanol–water partition coefficient (Wildman–Crippen LogP) is 2.59. The minimum atomic E-state index is 0.593. The average molecular weight is 239 g/mol. The number of nitrogens with one attached hydrogen (secondary N) is 1. The highest BCUT2D eigenvalue weighted by Crippen LogP contribution is 2.14. The summed E-state index contributed by atoms with van der Waals surface area (Å²) in [6, 6.07) is 0.593. The summed E-state index contributed by atoms with van der Waals surface area (Å²) in [5.41, 5.74) is 1.32. The second kappa shape index (κ2) is 5.15. The number of aryl methyl sites for hydroxylation is 1. The number of H-pyrrole nitrogens is 1. The molecule has 1 atom stereocenters. The second-order valence-corrected chi connectivity index (χ2v) is 5.03. The van der Waals surface area contributed by atoms with Crippen molar-refractivity contribution in [2.24, 2.45) is 0 Å². The van der Waals surface area contributed by atoms with Crippen LogP contribution in [0.4, 0.5) is 0 Å². The standard InChI is InChI=1S/C12H21N3S/c1-3-11-8-13-12(16)15(11)9-10(2)14-6-4-5-7-14/h8,10H,3-7,9H2,1-2H3,(H,13,16). The molecule has 2 rings (SSSR count). The van der Waals surface area contributed by atoms with Crippen LogP contribution in [0.5, 0.6) is 0 Å². The summed E-state index contributed by atoms with van der Waals surface area (Å²) >= 11 is 5.32. The highest BCUT2D eigenvalue weighted by Gasteiger charge is 2.19. The fourth-order valence-electron chi connectivity index (χ4n) is 2.49. The maximum Gasteiger partial charge on any atom is 0.177 e. The van der Waals surface area contributed by atoms with Crippen molar-refractivity contribution in [1.29, 1.82) is 0 Å². The van der Waals surface area contributed by atoms with E-state index in [1.165, 1.54) is 31.6 Å². The molecular weight excluding hydrogens is 218 g/mol. The lowest BCUT2D eigenvalue weighted by Gasteiger charge is -2.24. The Hall–Kier alpha value is -0.610. The van der Waals surface area contributed by atoms with E-state index in [-0.39, 0.29) is 0 Å². The molecule has 4 heteroatoms. The van der Waals surface area contributed by atoms with Crippen molar-refractivity contribution < 1.29 is 0 Å². The molecule has 90 valence electrons. The number of hydrogen-bond acceptors (Lipinski definition) is 2. The number of aromatic amines is 1. The first-order valence-electron chi connectivity index (χ1n) is 6.23. The maximum absolute atomic E-state index is 5.32. The van der Waals surface area contributed by atoms with Crippen molar-refractivity contribution in [3.8, 4) is 0 Å². The summed E-state index contributed by atoms with van der Waals surface area (Å²) in [4.78, 5) is 5.71. The fraction of sp³-hybridized carbons (Fsp3) is 0.750. The largest absolute Gasteiger partial charge is 0.337 e. The quantitative estimate of drug-likeness (QED) is 0.817. The molecule has 3 nitrogen and oxygen atoms in total. The zero-order valence-electron chi connectivity index (χ0n) is 10.2. The van der Waals surface area contributed by atoms with Crippen molar-refractivity contribution >= 4 is 12.2 Å². The van der Waals surface area contributed by atoms with Gasteiger partial charge in [0.05, 0.1) is 0 Å². The Bertz CT molecular complexity index is 387. The van der Waals surface area contributed by atoms with Crippen molar-refractivity contribution in [3.05, 3.63) is 16.7 Å². The molecule has 1 saturated heterocycles. The number of aromatic nitrogens is 2. The topological polar surface area (TPSA) is 24.0 Å². The third-order valence-electron chi connectivity index (χ3n) is 3.53. The van der Waals surface area contributed by atoms with E-state index >= 15 is 0 Å². The summed E-state index contributed by atoms with van der Waals surface area (Å²) in [6.45, 7) is 8.00. The molecule has 0 saturated carbocycles. The monoisotopic (exact) mass is 239 g/mol. The van der Waals surface area contributed by atoms with Gasteiger partial charge in [-0.05, 0) is 51.5 Å². The Balaban J connectivity index is 2.07. The van der Waals surface area contributed by atoms with Crippen LogP contribution in [0.25, 0.3) is 0 Å². The first-order chi connectivity index (χ1) is 7.72. The highest BCUT2D eigenvalue weighted by atomic mass is 32.1. The highest BCUT2D eigenvalue weighted by molar-refractivity contribution is 7.71. The molecule has 16 heavy (non-hydrogen) atoms. The summed E-state index contributed by atoms with van der Waals surface area (Å²) in [6.07, 6.45) is 5.78. The Morgan fingerprint density at radius 1 is 1.44 bits per heavy atom. The Morgan fingerprint density at radius 3 is 2.75 bits per heavy atom. The van der Waals surface area contributed by atoms with Gasteiger partial charge in [0, 0.05) is 24.5 Å². The van der Waals surface area contributed by atoms with Gasteiger partial charge in [0.15, 0.2) is 4.77 Å². The number of imidazole rings is 1. The number of hydrogen-bond donors (Lipinski definition) is 1. The van der Waals surface area contributed by atoms with Gasteiger partial charge in [0.1, 0.15) is 0 Å². The van der Waals surface area contributed by atoms with Gasteiger partial charge >= 0.3 is 0 Å². The van der Waals surface area contributed by atoms with Crippen LogP contribution in [-0.4, -0.2) is 33.6 Å². The molecule has 1 unspecified atom stereocenters. The van der Waals surface area contributed by atoms with E-state index in [0.29, 0.717) is 6.04 Å². The van der Waals surface area contributed by atoms with Crippen molar-refractivity contribution in [1.82, 2.24) is 14.5 Å². The third-order valence-corrected chi connectivity index (χ3v) is 3.87. The first kappa shape index (κ1) is 11.9. The Kier molecular flexibility index (Phi) is 3.82. The van der Waals surface area contributed by atoms with Gasteiger partial charge < -0.3 is 9.55 Å². The lowest BCUT2D eigenvalue weighted by Crippen LogP contribution is -2.34. The van der Waals surface area contributed by atoms with Crippen LogP contribution in [-0.2, 0) is 13.0 Å². The van der Waals surface area contributed by atoms with Crippen molar-refractivity contribution in [2.45, 2.75) is 45.7 Å². The summed E-state index contributed by atoms with van der Waals surface area (Å²) in [7, 11) is 0. The first-order valence-corrected chi connectivity index (χ1v) is 6.64. The Morgan fingerprint density at radius 2 is 2.12 bits per heavy atom. The van der Waals surface area contributed by atoms with Crippen molar-refractivity contribution in [3.63, 3.8) is 0 Å². The molecule has 0 radical (unpaired) electrons. The molecule has 2 heterocycles. The van der Waals surface area contributed by atoms with Gasteiger partial charge in [-0.25, -0.2) is 0 Å². The SMILES string of the molecule is CCc1c[nH]c(=S)n1CC(C)N1CCCC1. The molecule has 0 aromatic carbocycles. The van der Waals surface area contributed by atoms with Crippen LogP contribution in [0.15, 0.2) is 6.20 Å². The molecular formula is C12H21N3S.